The minimum atomic E-state index is 0.366. The Bertz CT molecular complexity index is 201. The molecule has 1 aliphatic carbocycles. The molecule has 2 heteroatoms. The SMILES string of the molecule is CC1=CC=C(O)CC1=S. The fraction of sp³-hybridized carbons (Fsp3) is 0.286. The lowest BCUT2D eigenvalue weighted by molar-refractivity contribution is 0.405. The van der Waals surface area contributed by atoms with E-state index in [0.717, 1.165) is 10.4 Å². The van der Waals surface area contributed by atoms with Crippen LogP contribution in [0, 0.1) is 0 Å². The van der Waals surface area contributed by atoms with E-state index in [1.54, 1.807) is 6.08 Å². The highest BCUT2D eigenvalue weighted by molar-refractivity contribution is 7.80. The summed E-state index contributed by atoms with van der Waals surface area (Å²) in [5.74, 6) is 0.366. The highest BCUT2D eigenvalue weighted by Crippen LogP contribution is 2.12. The molecule has 0 heterocycles. The van der Waals surface area contributed by atoms with Crippen LogP contribution in [0.25, 0.3) is 0 Å². The number of hydrogen-bond acceptors (Lipinski definition) is 2. The van der Waals surface area contributed by atoms with Crippen molar-refractivity contribution in [3.05, 3.63) is 23.5 Å². The predicted molar refractivity (Wildman–Crippen MR) is 41.7 cm³/mol. The van der Waals surface area contributed by atoms with Crippen LogP contribution in [0.1, 0.15) is 13.3 Å². The van der Waals surface area contributed by atoms with E-state index in [2.05, 4.69) is 0 Å². The van der Waals surface area contributed by atoms with Crippen LogP contribution in [0.15, 0.2) is 23.5 Å². The molecule has 0 aromatic carbocycles. The van der Waals surface area contributed by atoms with E-state index in [9.17, 15) is 0 Å². The molecule has 0 aromatic rings. The molecule has 1 N–H and O–H groups in total. The molecule has 9 heavy (non-hydrogen) atoms. The summed E-state index contributed by atoms with van der Waals surface area (Å²) >= 11 is 4.94. The van der Waals surface area contributed by atoms with Gasteiger partial charge in [-0.1, -0.05) is 18.3 Å². The Labute approximate surface area is 59.7 Å². The van der Waals surface area contributed by atoms with E-state index >= 15 is 0 Å². The van der Waals surface area contributed by atoms with Gasteiger partial charge < -0.3 is 5.11 Å². The van der Waals surface area contributed by atoms with Crippen LogP contribution < -0.4 is 0 Å². The van der Waals surface area contributed by atoms with Gasteiger partial charge in [-0.15, -0.1) is 0 Å². The van der Waals surface area contributed by atoms with Crippen LogP contribution in [-0.4, -0.2) is 9.97 Å². The van der Waals surface area contributed by atoms with Crippen molar-refractivity contribution < 1.29 is 5.11 Å². The average Bonchev–Trinajstić information content (AvgIpc) is 1.80. The highest BCUT2D eigenvalue weighted by atomic mass is 32.1. The normalized spacial score (nSPS) is 19.0. The van der Waals surface area contributed by atoms with Crippen LogP contribution in [0.2, 0.25) is 0 Å². The van der Waals surface area contributed by atoms with Crippen molar-refractivity contribution in [2.75, 3.05) is 0 Å². The second kappa shape index (κ2) is 2.31. The van der Waals surface area contributed by atoms with E-state index in [1.807, 2.05) is 13.0 Å². The lowest BCUT2D eigenvalue weighted by Crippen LogP contribution is -2.01. The van der Waals surface area contributed by atoms with Crippen LogP contribution >= 0.6 is 12.2 Å². The quantitative estimate of drug-likeness (QED) is 0.520. The summed E-state index contributed by atoms with van der Waals surface area (Å²) in [7, 11) is 0. The second-order valence-electron chi connectivity index (χ2n) is 2.11. The predicted octanol–water partition coefficient (Wildman–Crippen LogP) is 2.15. The molecular weight excluding hydrogens is 132 g/mol. The van der Waals surface area contributed by atoms with E-state index < -0.39 is 0 Å². The lowest BCUT2D eigenvalue weighted by Gasteiger charge is -2.06. The number of allylic oxidation sites excluding steroid dienone is 4. The summed E-state index contributed by atoms with van der Waals surface area (Å²) < 4.78 is 0. The first-order valence-corrected chi connectivity index (χ1v) is 3.20. The molecule has 1 nitrogen and oxygen atoms in total. The molecule has 0 amide bonds. The fourth-order valence-electron chi connectivity index (χ4n) is 0.677. The van der Waals surface area contributed by atoms with Gasteiger partial charge in [0.25, 0.3) is 0 Å². The van der Waals surface area contributed by atoms with Gasteiger partial charge in [0, 0.05) is 11.3 Å². The molecule has 1 rings (SSSR count). The first-order chi connectivity index (χ1) is 4.20. The third kappa shape index (κ3) is 1.39. The summed E-state index contributed by atoms with van der Waals surface area (Å²) in [6.07, 6.45) is 4.06. The molecule has 0 radical (unpaired) electrons. The number of hydrogen-bond donors (Lipinski definition) is 1. The Morgan fingerprint density at radius 2 is 2.22 bits per heavy atom. The van der Waals surface area contributed by atoms with E-state index in [4.69, 9.17) is 17.3 Å². The maximum Gasteiger partial charge on any atom is 0.0975 e. The van der Waals surface area contributed by atoms with Gasteiger partial charge in [0.2, 0.25) is 0 Å². The highest BCUT2D eigenvalue weighted by Gasteiger charge is 2.05. The summed E-state index contributed by atoms with van der Waals surface area (Å²) in [4.78, 5) is 0.843. The van der Waals surface area contributed by atoms with Crippen LogP contribution in [0.3, 0.4) is 0 Å². The Balaban J connectivity index is 2.86. The summed E-state index contributed by atoms with van der Waals surface area (Å²) in [5, 5.41) is 8.93. The first-order valence-electron chi connectivity index (χ1n) is 2.80. The zero-order valence-corrected chi connectivity index (χ0v) is 6.03. The Kier molecular flexibility index (Phi) is 1.67. The molecular formula is C7H8OS. The van der Waals surface area contributed by atoms with Gasteiger partial charge in [0.1, 0.15) is 0 Å². The minimum absolute atomic E-state index is 0.366. The summed E-state index contributed by atoms with van der Waals surface area (Å²) in [5.41, 5.74) is 1.09. The van der Waals surface area contributed by atoms with E-state index in [0.29, 0.717) is 12.2 Å². The van der Waals surface area contributed by atoms with Crippen molar-refractivity contribution in [1.82, 2.24) is 0 Å². The molecule has 0 bridgehead atoms. The summed E-state index contributed by atoms with van der Waals surface area (Å²) in [6, 6.07) is 0. The van der Waals surface area contributed by atoms with Crippen molar-refractivity contribution in [1.29, 1.82) is 0 Å². The van der Waals surface area contributed by atoms with Crippen molar-refractivity contribution >= 4 is 17.1 Å². The molecule has 48 valence electrons. The van der Waals surface area contributed by atoms with Gasteiger partial charge in [-0.2, -0.15) is 0 Å². The smallest absolute Gasteiger partial charge is 0.0975 e. The van der Waals surface area contributed by atoms with Gasteiger partial charge in [-0.25, -0.2) is 0 Å². The van der Waals surface area contributed by atoms with Crippen molar-refractivity contribution in [3.8, 4) is 0 Å². The maximum absolute atomic E-state index is 8.93. The van der Waals surface area contributed by atoms with Crippen LogP contribution in [-0.2, 0) is 0 Å². The number of aliphatic hydroxyl groups excluding tert-OH is 1. The van der Waals surface area contributed by atoms with Gasteiger partial charge in [0.15, 0.2) is 0 Å². The lowest BCUT2D eigenvalue weighted by atomic mass is 10.1. The molecule has 0 fully saturated rings. The first kappa shape index (κ1) is 6.49. The number of aliphatic hydroxyl groups is 1. The average molecular weight is 140 g/mol. The molecule has 0 atom stereocenters. The molecule has 0 aliphatic heterocycles. The van der Waals surface area contributed by atoms with Crippen LogP contribution in [0.5, 0.6) is 0 Å². The molecule has 0 aromatic heterocycles. The zero-order chi connectivity index (χ0) is 6.85. The Morgan fingerprint density at radius 3 is 2.67 bits per heavy atom. The monoisotopic (exact) mass is 140 g/mol. The third-order valence-electron chi connectivity index (χ3n) is 1.31. The van der Waals surface area contributed by atoms with Gasteiger partial charge in [-0.3, -0.25) is 0 Å². The van der Waals surface area contributed by atoms with Gasteiger partial charge >= 0.3 is 0 Å². The molecule has 0 saturated heterocycles. The second-order valence-corrected chi connectivity index (χ2v) is 2.60. The minimum Gasteiger partial charge on any atom is -0.512 e. The topological polar surface area (TPSA) is 20.2 Å². The van der Waals surface area contributed by atoms with Crippen molar-refractivity contribution in [2.24, 2.45) is 0 Å². The number of rotatable bonds is 0. The van der Waals surface area contributed by atoms with Gasteiger partial charge in [0.05, 0.1) is 5.76 Å². The van der Waals surface area contributed by atoms with E-state index in [-0.39, 0.29) is 0 Å². The maximum atomic E-state index is 8.93. The van der Waals surface area contributed by atoms with E-state index in [1.165, 1.54) is 0 Å². The molecule has 0 saturated carbocycles. The largest absolute Gasteiger partial charge is 0.512 e. The van der Waals surface area contributed by atoms with Gasteiger partial charge in [-0.05, 0) is 18.6 Å². The van der Waals surface area contributed by atoms with Crippen molar-refractivity contribution in [3.63, 3.8) is 0 Å². The molecule has 0 spiro atoms. The molecule has 0 unspecified atom stereocenters. The third-order valence-corrected chi connectivity index (χ3v) is 1.77. The zero-order valence-electron chi connectivity index (χ0n) is 5.22. The van der Waals surface area contributed by atoms with Crippen molar-refractivity contribution in [2.45, 2.75) is 13.3 Å². The fourth-order valence-corrected chi connectivity index (χ4v) is 0.893. The molecule has 1 aliphatic rings. The van der Waals surface area contributed by atoms with Crippen LogP contribution in [0.4, 0.5) is 0 Å². The number of thiocarbonyl (C=S) groups is 1. The standard InChI is InChI=1S/C7H8OS/c1-5-2-3-6(8)4-7(5)9/h2-3,8H,4H2,1H3. The Hall–Kier alpha value is -0.630. The summed E-state index contributed by atoms with van der Waals surface area (Å²) in [6.45, 7) is 1.95. The Morgan fingerprint density at radius 1 is 1.56 bits per heavy atom.